The maximum Gasteiger partial charge on any atom is 0.338 e. The molecule has 1 saturated carbocycles. The van der Waals surface area contributed by atoms with E-state index >= 15 is 0 Å². The van der Waals surface area contributed by atoms with Crippen molar-refractivity contribution in [1.82, 2.24) is 0 Å². The molecule has 1 aromatic rings. The third-order valence-electron chi connectivity index (χ3n) is 8.92. The van der Waals surface area contributed by atoms with Crippen molar-refractivity contribution >= 4 is 34.4 Å². The van der Waals surface area contributed by atoms with Crippen molar-refractivity contribution in [3.63, 3.8) is 0 Å². The second kappa shape index (κ2) is 7.54. The zero-order chi connectivity index (χ0) is 25.8. The number of benzene rings is 1. The highest BCUT2D eigenvalue weighted by molar-refractivity contribution is 9.11. The molecule has 0 radical (unpaired) electrons. The second-order valence-corrected chi connectivity index (χ2v) is 18.6. The molecule has 0 N–H and O–H groups in total. The fraction of sp³-hybridized carbons (Fsp3) is 0.615. The van der Waals surface area contributed by atoms with Gasteiger partial charge in [-0.15, -0.1) is 0 Å². The third-order valence-corrected chi connectivity index (χ3v) is 12.1. The molecule has 6 nitrogen and oxygen atoms in total. The van der Waals surface area contributed by atoms with E-state index in [0.29, 0.717) is 12.4 Å². The van der Waals surface area contributed by atoms with Crippen LogP contribution in [0.25, 0.3) is 0 Å². The van der Waals surface area contributed by atoms with Crippen LogP contribution in [0, 0.1) is 29.1 Å². The molecule has 1 spiro atoms. The maximum absolute atomic E-state index is 13.6. The largest absolute Gasteiger partial charge is 0.408 e. The van der Waals surface area contributed by atoms with Crippen molar-refractivity contribution in [1.29, 1.82) is 0 Å². The molecule has 9 heteroatoms. The number of methoxy groups -OCH3 is 1. The zero-order valence-corrected chi connectivity index (χ0v) is 25.1. The van der Waals surface area contributed by atoms with Crippen LogP contribution < -0.4 is 0 Å². The summed E-state index contributed by atoms with van der Waals surface area (Å²) in [6.45, 7) is 15.1. The molecule has 6 unspecified atom stereocenters. The first-order valence-corrected chi connectivity index (χ1v) is 17.7. The number of aryl methyl sites for hydroxylation is 1. The summed E-state index contributed by atoms with van der Waals surface area (Å²) in [6, 6.07) is 6.71. The van der Waals surface area contributed by atoms with E-state index in [4.69, 9.17) is 18.1 Å². The van der Waals surface area contributed by atoms with Gasteiger partial charge in [0.1, 0.15) is 16.8 Å². The Morgan fingerprint density at radius 2 is 1.77 bits per heavy atom. The molecule has 4 bridgehead atoms. The van der Waals surface area contributed by atoms with E-state index in [1.54, 1.807) is 31.4 Å². The lowest BCUT2D eigenvalue weighted by Gasteiger charge is -2.67. The maximum atomic E-state index is 13.6. The fourth-order valence-electron chi connectivity index (χ4n) is 7.05. The Kier molecular flexibility index (Phi) is 5.53. The highest BCUT2D eigenvalue weighted by Gasteiger charge is 2.86. The number of hydrogen-bond acceptors (Lipinski definition) is 6. The molecule has 35 heavy (non-hydrogen) atoms. The molecular formula is C26H35BrO6SSi. The summed E-state index contributed by atoms with van der Waals surface area (Å²) in [7, 11) is -4.55. The van der Waals surface area contributed by atoms with Crippen LogP contribution in [0.2, 0.25) is 19.6 Å². The SMILES string of the molecule is COC12OCC3(C)C4=CCC(C)C4(C(Br)=C(OS(=O)(=O)c4ccc(C)cc4)C31C)C2O[Si](C)(C)C. The van der Waals surface area contributed by atoms with Gasteiger partial charge >= 0.3 is 10.1 Å². The van der Waals surface area contributed by atoms with Crippen molar-refractivity contribution in [3.8, 4) is 0 Å². The van der Waals surface area contributed by atoms with Crippen molar-refractivity contribution in [2.24, 2.45) is 22.2 Å². The van der Waals surface area contributed by atoms with Gasteiger partial charge in [0.25, 0.3) is 0 Å². The molecule has 1 aliphatic heterocycles. The molecule has 6 rings (SSSR count). The molecule has 192 valence electrons. The smallest absolute Gasteiger partial charge is 0.338 e. The van der Waals surface area contributed by atoms with Gasteiger partial charge < -0.3 is 18.1 Å². The van der Waals surface area contributed by atoms with Crippen molar-refractivity contribution in [3.05, 3.63) is 51.7 Å². The monoisotopic (exact) mass is 582 g/mol. The quantitative estimate of drug-likeness (QED) is 0.236. The topological polar surface area (TPSA) is 71.1 Å². The van der Waals surface area contributed by atoms with E-state index in [1.165, 1.54) is 5.57 Å². The van der Waals surface area contributed by atoms with Gasteiger partial charge in [0.2, 0.25) is 5.79 Å². The van der Waals surface area contributed by atoms with Gasteiger partial charge in [-0.05, 0) is 58.0 Å². The van der Waals surface area contributed by atoms with Crippen molar-refractivity contribution < 1.29 is 26.5 Å². The lowest BCUT2D eigenvalue weighted by Crippen LogP contribution is -2.75. The Balaban J connectivity index is 1.79. The number of rotatable bonds is 6. The minimum atomic E-state index is -4.10. The van der Waals surface area contributed by atoms with E-state index in [1.807, 2.05) is 13.8 Å². The van der Waals surface area contributed by atoms with Gasteiger partial charge in [0.15, 0.2) is 8.32 Å². The average molecular weight is 584 g/mol. The first-order valence-electron chi connectivity index (χ1n) is 12.1. The summed E-state index contributed by atoms with van der Waals surface area (Å²) in [6.07, 6.45) is 2.73. The molecule has 0 amide bonds. The third kappa shape index (κ3) is 2.94. The van der Waals surface area contributed by atoms with E-state index in [9.17, 15) is 8.42 Å². The zero-order valence-electron chi connectivity index (χ0n) is 21.7. The number of ether oxygens (including phenoxy) is 2. The molecule has 2 fully saturated rings. The molecule has 5 aliphatic rings. The normalized spacial score (nSPS) is 40.2. The van der Waals surface area contributed by atoms with Crippen LogP contribution in [0.5, 0.6) is 0 Å². The van der Waals surface area contributed by atoms with Gasteiger partial charge in [-0.1, -0.05) is 59.1 Å². The van der Waals surface area contributed by atoms with E-state index < -0.39 is 46.6 Å². The van der Waals surface area contributed by atoms with Gasteiger partial charge in [-0.3, -0.25) is 0 Å². The molecule has 0 aromatic heterocycles. The Bertz CT molecular complexity index is 1250. The lowest BCUT2D eigenvalue weighted by molar-refractivity contribution is -0.318. The minimum Gasteiger partial charge on any atom is -0.408 e. The van der Waals surface area contributed by atoms with Crippen molar-refractivity contribution in [2.75, 3.05) is 13.7 Å². The summed E-state index contributed by atoms with van der Waals surface area (Å²) >= 11 is 3.90. The van der Waals surface area contributed by atoms with Crippen LogP contribution in [-0.2, 0) is 28.2 Å². The molecule has 1 saturated heterocycles. The number of allylic oxidation sites excluding steroid dienone is 1. The highest BCUT2D eigenvalue weighted by atomic mass is 79.9. The highest BCUT2D eigenvalue weighted by Crippen LogP contribution is 2.82. The van der Waals surface area contributed by atoms with Crippen LogP contribution in [0.1, 0.15) is 32.8 Å². The fourth-order valence-corrected chi connectivity index (χ4v) is 10.5. The van der Waals surface area contributed by atoms with E-state index in [0.717, 1.165) is 16.5 Å². The first-order chi connectivity index (χ1) is 16.1. The molecule has 1 heterocycles. The molecule has 6 atom stereocenters. The van der Waals surface area contributed by atoms with Crippen LogP contribution in [0.3, 0.4) is 0 Å². The molecule has 1 aromatic carbocycles. The van der Waals surface area contributed by atoms with Crippen LogP contribution in [0.15, 0.2) is 51.1 Å². The Morgan fingerprint density at radius 3 is 2.34 bits per heavy atom. The van der Waals surface area contributed by atoms with Crippen molar-refractivity contribution in [2.45, 2.75) is 70.5 Å². The van der Waals surface area contributed by atoms with Gasteiger partial charge in [-0.2, -0.15) is 8.42 Å². The first kappa shape index (κ1) is 25.7. The summed E-state index contributed by atoms with van der Waals surface area (Å²) in [4.78, 5) is 0.119. The van der Waals surface area contributed by atoms with Gasteiger partial charge in [-0.25, -0.2) is 0 Å². The van der Waals surface area contributed by atoms with Gasteiger partial charge in [0, 0.05) is 17.0 Å². The van der Waals surface area contributed by atoms with Crippen LogP contribution in [0.4, 0.5) is 0 Å². The minimum absolute atomic E-state index is 0.119. The Labute approximate surface area is 218 Å². The predicted octanol–water partition coefficient (Wildman–Crippen LogP) is 5.89. The summed E-state index contributed by atoms with van der Waals surface area (Å²) in [5, 5.41) is 0. The summed E-state index contributed by atoms with van der Waals surface area (Å²) < 4.78 is 53.9. The van der Waals surface area contributed by atoms with Crippen LogP contribution >= 0.6 is 15.9 Å². The lowest BCUT2D eigenvalue weighted by atomic mass is 9.41. The summed E-state index contributed by atoms with van der Waals surface area (Å²) in [5.41, 5.74) is 0.0956. The Morgan fingerprint density at radius 1 is 1.14 bits per heavy atom. The predicted molar refractivity (Wildman–Crippen MR) is 140 cm³/mol. The standard InChI is InChI=1S/C26H35BrO6SSi/c1-16-9-12-18(13-10-16)34(28,29)32-21-20(27)25-17(2)11-14-19(25)23(3)15-31-26(30-5,24(21,23)4)22(25)33-35(6,7)8/h9-10,12-14,17,22H,11,15H2,1-8H3. The molecular weight excluding hydrogens is 548 g/mol. The van der Waals surface area contributed by atoms with E-state index in [-0.39, 0.29) is 10.8 Å². The average Bonchev–Trinajstić information content (AvgIpc) is 3.21. The summed E-state index contributed by atoms with van der Waals surface area (Å²) in [5.74, 6) is -0.705. The molecule has 4 aliphatic carbocycles. The number of halogens is 1. The van der Waals surface area contributed by atoms with Crippen LogP contribution in [-0.4, -0.2) is 42.3 Å². The van der Waals surface area contributed by atoms with E-state index in [2.05, 4.69) is 55.5 Å². The Hall–Kier alpha value is -0.973. The number of hydrogen-bond donors (Lipinski definition) is 0. The van der Waals surface area contributed by atoms with Gasteiger partial charge in [0.05, 0.1) is 17.4 Å². The second-order valence-electron chi connectivity index (χ2n) is 11.8.